The first-order valence-corrected chi connectivity index (χ1v) is 7.94. The highest BCUT2D eigenvalue weighted by atomic mass is 32.1. The zero-order chi connectivity index (χ0) is 15.4. The molecular weight excluding hydrogens is 290 g/mol. The normalized spacial score (nSPS) is 16.5. The van der Waals surface area contributed by atoms with E-state index in [4.69, 9.17) is 10.8 Å². The summed E-state index contributed by atoms with van der Waals surface area (Å²) in [5.41, 5.74) is 6.36. The summed E-state index contributed by atoms with van der Waals surface area (Å²) in [7, 11) is 0. The molecular formula is C13H23N5O2S. The molecule has 1 aliphatic rings. The van der Waals surface area contributed by atoms with Gasteiger partial charge in [-0.3, -0.25) is 9.69 Å². The van der Waals surface area contributed by atoms with Crippen LogP contribution < -0.4 is 16.0 Å². The lowest BCUT2D eigenvalue weighted by Crippen LogP contribution is -2.47. The van der Waals surface area contributed by atoms with Gasteiger partial charge in [-0.25, -0.2) is 0 Å². The van der Waals surface area contributed by atoms with E-state index in [0.717, 1.165) is 31.2 Å². The molecule has 0 aliphatic carbocycles. The van der Waals surface area contributed by atoms with E-state index < -0.39 is 0 Å². The number of rotatable bonds is 5. The summed E-state index contributed by atoms with van der Waals surface area (Å²) < 4.78 is 4.14. The van der Waals surface area contributed by atoms with E-state index in [1.807, 2.05) is 13.8 Å². The lowest BCUT2D eigenvalue weighted by molar-refractivity contribution is 0.0944. The van der Waals surface area contributed by atoms with Gasteiger partial charge in [-0.05, 0) is 25.4 Å². The minimum atomic E-state index is -0.163. The second-order valence-corrected chi connectivity index (χ2v) is 6.18. The lowest BCUT2D eigenvalue weighted by atomic mass is 10.2. The molecule has 4 N–H and O–H groups in total. The van der Waals surface area contributed by atoms with Crippen molar-refractivity contribution in [2.24, 2.45) is 0 Å². The largest absolute Gasteiger partial charge is 0.395 e. The molecule has 2 heterocycles. The average molecular weight is 313 g/mol. The quantitative estimate of drug-likeness (QED) is 0.707. The SMILES string of the molecule is CC(C)NC(=O)c1c(N)nsc1N1CCN(CCO)CC1. The van der Waals surface area contributed by atoms with Crippen LogP contribution in [-0.4, -0.2) is 65.7 Å². The summed E-state index contributed by atoms with van der Waals surface area (Å²) in [6.45, 7) is 8.05. The molecule has 0 unspecified atom stereocenters. The summed E-state index contributed by atoms with van der Waals surface area (Å²) >= 11 is 1.27. The predicted octanol–water partition coefficient (Wildman–Crippen LogP) is -0.0222. The zero-order valence-electron chi connectivity index (χ0n) is 12.5. The average Bonchev–Trinajstić information content (AvgIpc) is 2.81. The van der Waals surface area contributed by atoms with E-state index in [9.17, 15) is 4.79 Å². The number of aromatic nitrogens is 1. The first-order valence-electron chi connectivity index (χ1n) is 7.17. The van der Waals surface area contributed by atoms with Crippen LogP contribution in [0.25, 0.3) is 0 Å². The first kappa shape index (κ1) is 16.0. The van der Waals surface area contributed by atoms with Gasteiger partial charge in [0, 0.05) is 38.8 Å². The van der Waals surface area contributed by atoms with Crippen LogP contribution in [0.2, 0.25) is 0 Å². The minimum absolute atomic E-state index is 0.0612. The topological polar surface area (TPSA) is 94.7 Å². The fourth-order valence-corrected chi connectivity index (χ4v) is 3.24. The van der Waals surface area contributed by atoms with Crippen molar-refractivity contribution in [3.63, 3.8) is 0 Å². The summed E-state index contributed by atoms with van der Waals surface area (Å²) in [5, 5.41) is 12.7. The predicted molar refractivity (Wildman–Crippen MR) is 84.9 cm³/mol. The lowest BCUT2D eigenvalue weighted by Gasteiger charge is -2.35. The standard InChI is InChI=1S/C13H23N5O2S/c1-9(2)15-12(20)10-11(14)16-21-13(10)18-5-3-17(4-6-18)7-8-19/h9,19H,3-8H2,1-2H3,(H2,14,16)(H,15,20). The van der Waals surface area contributed by atoms with Gasteiger partial charge in [-0.2, -0.15) is 4.37 Å². The second kappa shape index (κ2) is 7.06. The highest BCUT2D eigenvalue weighted by Crippen LogP contribution is 2.31. The van der Waals surface area contributed by atoms with Crippen molar-refractivity contribution in [1.29, 1.82) is 0 Å². The second-order valence-electron chi connectivity index (χ2n) is 5.43. The van der Waals surface area contributed by atoms with Crippen molar-refractivity contribution in [2.75, 3.05) is 50.0 Å². The third-order valence-electron chi connectivity index (χ3n) is 3.42. The molecule has 7 nitrogen and oxygen atoms in total. The van der Waals surface area contributed by atoms with E-state index in [1.165, 1.54) is 11.5 Å². The first-order chi connectivity index (χ1) is 10.0. The van der Waals surface area contributed by atoms with Crippen molar-refractivity contribution < 1.29 is 9.90 Å². The maximum Gasteiger partial charge on any atom is 0.258 e. The third-order valence-corrected chi connectivity index (χ3v) is 4.35. The molecule has 0 saturated carbocycles. The molecule has 0 aromatic carbocycles. The van der Waals surface area contributed by atoms with E-state index >= 15 is 0 Å². The number of aliphatic hydroxyl groups is 1. The number of hydrogen-bond donors (Lipinski definition) is 3. The Bertz CT molecular complexity index is 483. The Balaban J connectivity index is 2.09. The van der Waals surface area contributed by atoms with E-state index in [0.29, 0.717) is 17.9 Å². The van der Waals surface area contributed by atoms with Crippen LogP contribution in [0.15, 0.2) is 0 Å². The summed E-state index contributed by atoms with van der Waals surface area (Å²) in [6, 6.07) is 0.0612. The van der Waals surface area contributed by atoms with Crippen molar-refractivity contribution in [3.8, 4) is 0 Å². The number of nitrogens with one attached hydrogen (secondary N) is 1. The van der Waals surface area contributed by atoms with Crippen molar-refractivity contribution in [2.45, 2.75) is 19.9 Å². The van der Waals surface area contributed by atoms with Gasteiger partial charge in [-0.1, -0.05) is 0 Å². The van der Waals surface area contributed by atoms with Crippen LogP contribution in [0, 0.1) is 0 Å². The Morgan fingerprint density at radius 2 is 2.10 bits per heavy atom. The van der Waals surface area contributed by atoms with Gasteiger partial charge in [0.05, 0.1) is 6.61 Å². The number of piperazine rings is 1. The molecule has 1 fully saturated rings. The summed E-state index contributed by atoms with van der Waals surface area (Å²) in [6.07, 6.45) is 0. The van der Waals surface area contributed by atoms with Crippen LogP contribution in [0.5, 0.6) is 0 Å². The van der Waals surface area contributed by atoms with E-state index in [-0.39, 0.29) is 18.6 Å². The van der Waals surface area contributed by atoms with Crippen LogP contribution in [0.4, 0.5) is 10.8 Å². The van der Waals surface area contributed by atoms with Gasteiger partial charge in [0.25, 0.3) is 5.91 Å². The van der Waals surface area contributed by atoms with Crippen LogP contribution in [-0.2, 0) is 0 Å². The fraction of sp³-hybridized carbons (Fsp3) is 0.692. The molecule has 0 radical (unpaired) electrons. The highest BCUT2D eigenvalue weighted by Gasteiger charge is 2.26. The van der Waals surface area contributed by atoms with Crippen molar-refractivity contribution >= 4 is 28.3 Å². The number of amides is 1. The van der Waals surface area contributed by atoms with Gasteiger partial charge >= 0.3 is 0 Å². The number of nitrogens with two attached hydrogens (primary N) is 1. The van der Waals surface area contributed by atoms with E-state index in [1.54, 1.807) is 0 Å². The molecule has 8 heteroatoms. The number of carbonyl (C=O) groups excluding carboxylic acids is 1. The van der Waals surface area contributed by atoms with Gasteiger partial charge < -0.3 is 21.1 Å². The molecule has 0 spiro atoms. The molecule has 1 aromatic heterocycles. The third kappa shape index (κ3) is 3.84. The molecule has 118 valence electrons. The Morgan fingerprint density at radius 1 is 1.43 bits per heavy atom. The zero-order valence-corrected chi connectivity index (χ0v) is 13.3. The monoisotopic (exact) mass is 313 g/mol. The Morgan fingerprint density at radius 3 is 2.67 bits per heavy atom. The number of hydrogen-bond acceptors (Lipinski definition) is 7. The summed E-state index contributed by atoms with van der Waals surface area (Å²) in [4.78, 5) is 16.6. The number of carbonyl (C=O) groups is 1. The van der Waals surface area contributed by atoms with Gasteiger partial charge in [-0.15, -0.1) is 0 Å². The molecule has 21 heavy (non-hydrogen) atoms. The van der Waals surface area contributed by atoms with Gasteiger partial charge in [0.15, 0.2) is 5.82 Å². The van der Waals surface area contributed by atoms with Crippen molar-refractivity contribution in [3.05, 3.63) is 5.56 Å². The summed E-state index contributed by atoms with van der Waals surface area (Å²) in [5.74, 6) is 0.134. The molecule has 1 saturated heterocycles. The molecule has 0 bridgehead atoms. The fourth-order valence-electron chi connectivity index (χ4n) is 2.37. The van der Waals surface area contributed by atoms with Crippen molar-refractivity contribution in [1.82, 2.24) is 14.6 Å². The van der Waals surface area contributed by atoms with Crippen LogP contribution >= 0.6 is 11.5 Å². The number of nitrogens with zero attached hydrogens (tertiary/aromatic N) is 3. The maximum absolute atomic E-state index is 12.3. The Kier molecular flexibility index (Phi) is 5.38. The molecule has 2 rings (SSSR count). The number of β-amino-alcohol motifs (C(OH)–C–C–N with tert-alkyl or cyclic N) is 1. The minimum Gasteiger partial charge on any atom is -0.395 e. The molecule has 1 aliphatic heterocycles. The van der Waals surface area contributed by atoms with Crippen LogP contribution in [0.3, 0.4) is 0 Å². The van der Waals surface area contributed by atoms with Gasteiger partial charge in [0.1, 0.15) is 10.6 Å². The number of aliphatic hydroxyl groups excluding tert-OH is 1. The number of nitrogen functional groups attached to an aromatic ring is 1. The highest BCUT2D eigenvalue weighted by molar-refractivity contribution is 7.11. The van der Waals surface area contributed by atoms with Crippen LogP contribution in [0.1, 0.15) is 24.2 Å². The Labute approximate surface area is 128 Å². The molecule has 1 amide bonds. The number of anilines is 2. The Hall–Kier alpha value is -1.38. The maximum atomic E-state index is 12.3. The smallest absolute Gasteiger partial charge is 0.258 e. The van der Waals surface area contributed by atoms with E-state index in [2.05, 4.69) is 19.5 Å². The molecule has 0 atom stereocenters. The van der Waals surface area contributed by atoms with Gasteiger partial charge in [0.2, 0.25) is 0 Å². The molecule has 1 aromatic rings.